The summed E-state index contributed by atoms with van der Waals surface area (Å²) in [6.07, 6.45) is 1.44. The zero-order valence-electron chi connectivity index (χ0n) is 11.0. The molecule has 1 aromatic carbocycles. The van der Waals surface area contributed by atoms with Gasteiger partial charge in [-0.2, -0.15) is 0 Å². The lowest BCUT2D eigenvalue weighted by atomic mass is 10.2. The minimum atomic E-state index is -0.586. The maximum Gasteiger partial charge on any atom is 0.259 e. The van der Waals surface area contributed by atoms with E-state index in [2.05, 4.69) is 15.6 Å². The molecule has 1 heterocycles. The third-order valence-electron chi connectivity index (χ3n) is 2.76. The molecule has 0 aliphatic heterocycles. The molecular formula is C14H13ClFN3O. The van der Waals surface area contributed by atoms with Gasteiger partial charge >= 0.3 is 0 Å². The van der Waals surface area contributed by atoms with Crippen LogP contribution in [0.1, 0.15) is 16.1 Å². The monoisotopic (exact) mass is 293 g/mol. The summed E-state index contributed by atoms with van der Waals surface area (Å²) in [7, 11) is 1.70. The summed E-state index contributed by atoms with van der Waals surface area (Å²) in [6, 6.07) is 5.94. The van der Waals surface area contributed by atoms with E-state index in [-0.39, 0.29) is 10.7 Å². The highest BCUT2D eigenvalue weighted by molar-refractivity contribution is 6.34. The van der Waals surface area contributed by atoms with Crippen LogP contribution in [0.5, 0.6) is 0 Å². The first-order chi connectivity index (χ1) is 9.52. The number of nitrogens with one attached hydrogen (secondary N) is 2. The summed E-state index contributed by atoms with van der Waals surface area (Å²) in [6.45, 7) is 1.82. The summed E-state index contributed by atoms with van der Waals surface area (Å²) in [5.41, 5.74) is 1.66. The molecule has 0 spiro atoms. The van der Waals surface area contributed by atoms with Crippen molar-refractivity contribution in [1.29, 1.82) is 0 Å². The highest BCUT2D eigenvalue weighted by Crippen LogP contribution is 2.26. The fraction of sp³-hybridized carbons (Fsp3) is 0.143. The summed E-state index contributed by atoms with van der Waals surface area (Å²) in [5.74, 6) is -1.06. The molecule has 1 aromatic heterocycles. The summed E-state index contributed by atoms with van der Waals surface area (Å²) >= 11 is 5.87. The van der Waals surface area contributed by atoms with Crippen LogP contribution in [-0.2, 0) is 0 Å². The molecular weight excluding hydrogens is 281 g/mol. The third kappa shape index (κ3) is 2.88. The number of carbonyl (C=O) groups excluding carboxylic acids is 1. The van der Waals surface area contributed by atoms with E-state index < -0.39 is 11.7 Å². The minimum Gasteiger partial charge on any atom is -0.387 e. The van der Waals surface area contributed by atoms with E-state index in [0.29, 0.717) is 11.3 Å². The standard InChI is InChI=1S/C14H13ClFN3O/c1-8-6-12(17-2)9(7-18-8)14(20)19-13-10(15)4-3-5-11(13)16/h3-7H,1-2H3,(H,17,18)(H,19,20). The lowest BCUT2D eigenvalue weighted by molar-refractivity contribution is 0.102. The molecule has 1 amide bonds. The van der Waals surface area contributed by atoms with Crippen LogP contribution in [0.4, 0.5) is 15.8 Å². The van der Waals surface area contributed by atoms with Gasteiger partial charge < -0.3 is 10.6 Å². The second kappa shape index (κ2) is 5.88. The first-order valence-corrected chi connectivity index (χ1v) is 6.30. The molecule has 0 atom stereocenters. The van der Waals surface area contributed by atoms with Crippen molar-refractivity contribution in [2.45, 2.75) is 6.92 Å². The van der Waals surface area contributed by atoms with Crippen LogP contribution in [0.2, 0.25) is 5.02 Å². The van der Waals surface area contributed by atoms with Gasteiger partial charge in [0.1, 0.15) is 5.82 Å². The Morgan fingerprint density at radius 2 is 2.15 bits per heavy atom. The van der Waals surface area contributed by atoms with E-state index in [9.17, 15) is 9.18 Å². The summed E-state index contributed by atoms with van der Waals surface area (Å²) < 4.78 is 13.6. The Labute approximate surface area is 121 Å². The van der Waals surface area contributed by atoms with E-state index in [4.69, 9.17) is 11.6 Å². The number of halogens is 2. The number of anilines is 2. The minimum absolute atomic E-state index is 0.0400. The molecule has 0 unspecified atom stereocenters. The van der Waals surface area contributed by atoms with Crippen LogP contribution in [0.25, 0.3) is 0 Å². The van der Waals surface area contributed by atoms with Gasteiger partial charge in [-0.25, -0.2) is 4.39 Å². The Morgan fingerprint density at radius 1 is 1.40 bits per heavy atom. The molecule has 0 fully saturated rings. The van der Waals surface area contributed by atoms with Crippen molar-refractivity contribution in [2.75, 3.05) is 17.7 Å². The van der Waals surface area contributed by atoms with Crippen molar-refractivity contribution in [3.8, 4) is 0 Å². The molecule has 6 heteroatoms. The number of hydrogen-bond acceptors (Lipinski definition) is 3. The Balaban J connectivity index is 2.33. The molecule has 20 heavy (non-hydrogen) atoms. The predicted molar refractivity (Wildman–Crippen MR) is 77.9 cm³/mol. The highest BCUT2D eigenvalue weighted by atomic mass is 35.5. The number of rotatable bonds is 3. The number of pyridine rings is 1. The molecule has 2 rings (SSSR count). The largest absolute Gasteiger partial charge is 0.387 e. The van der Waals surface area contributed by atoms with Crippen LogP contribution in [-0.4, -0.2) is 17.9 Å². The van der Waals surface area contributed by atoms with Gasteiger partial charge in [0.05, 0.1) is 22.0 Å². The number of nitrogens with zero attached hydrogens (tertiary/aromatic N) is 1. The van der Waals surface area contributed by atoms with E-state index in [1.807, 2.05) is 6.92 Å². The Hall–Kier alpha value is -2.14. The van der Waals surface area contributed by atoms with E-state index in [1.165, 1.54) is 24.4 Å². The van der Waals surface area contributed by atoms with Gasteiger partial charge in [0.2, 0.25) is 0 Å². The van der Waals surface area contributed by atoms with Crippen LogP contribution < -0.4 is 10.6 Å². The van der Waals surface area contributed by atoms with Gasteiger partial charge in [0.25, 0.3) is 5.91 Å². The zero-order chi connectivity index (χ0) is 14.7. The maximum atomic E-state index is 13.6. The van der Waals surface area contributed by atoms with E-state index in [1.54, 1.807) is 13.1 Å². The molecule has 0 aliphatic rings. The van der Waals surface area contributed by atoms with Gasteiger partial charge in [-0.05, 0) is 25.1 Å². The second-order valence-electron chi connectivity index (χ2n) is 4.17. The normalized spacial score (nSPS) is 10.2. The molecule has 0 bridgehead atoms. The van der Waals surface area contributed by atoms with Crippen LogP contribution >= 0.6 is 11.6 Å². The summed E-state index contributed by atoms with van der Waals surface area (Å²) in [5, 5.41) is 5.51. The van der Waals surface area contributed by atoms with Crippen molar-refractivity contribution in [2.24, 2.45) is 0 Å². The van der Waals surface area contributed by atoms with Crippen LogP contribution in [0, 0.1) is 12.7 Å². The third-order valence-corrected chi connectivity index (χ3v) is 3.07. The maximum absolute atomic E-state index is 13.6. The molecule has 2 aromatic rings. The number of carbonyl (C=O) groups is 1. The first kappa shape index (κ1) is 14.3. The van der Waals surface area contributed by atoms with Crippen molar-refractivity contribution in [3.05, 3.63) is 52.6 Å². The van der Waals surface area contributed by atoms with Gasteiger partial charge in [-0.1, -0.05) is 17.7 Å². The quantitative estimate of drug-likeness (QED) is 0.911. The number of hydrogen-bond donors (Lipinski definition) is 2. The second-order valence-corrected chi connectivity index (χ2v) is 4.58. The Kier molecular flexibility index (Phi) is 4.20. The average molecular weight is 294 g/mol. The SMILES string of the molecule is CNc1cc(C)ncc1C(=O)Nc1c(F)cccc1Cl. The fourth-order valence-electron chi connectivity index (χ4n) is 1.75. The number of aromatic nitrogens is 1. The Morgan fingerprint density at radius 3 is 2.80 bits per heavy atom. The molecule has 0 saturated heterocycles. The smallest absolute Gasteiger partial charge is 0.259 e. The van der Waals surface area contributed by atoms with Crippen molar-refractivity contribution < 1.29 is 9.18 Å². The molecule has 0 radical (unpaired) electrons. The highest BCUT2D eigenvalue weighted by Gasteiger charge is 2.15. The van der Waals surface area contributed by atoms with Crippen molar-refractivity contribution in [3.63, 3.8) is 0 Å². The molecule has 0 aliphatic carbocycles. The van der Waals surface area contributed by atoms with Gasteiger partial charge in [0.15, 0.2) is 0 Å². The van der Waals surface area contributed by atoms with Crippen LogP contribution in [0.3, 0.4) is 0 Å². The zero-order valence-corrected chi connectivity index (χ0v) is 11.8. The number of aryl methyl sites for hydroxylation is 1. The lowest BCUT2D eigenvalue weighted by Gasteiger charge is -2.11. The lowest BCUT2D eigenvalue weighted by Crippen LogP contribution is -2.16. The van der Waals surface area contributed by atoms with E-state index in [0.717, 1.165) is 5.69 Å². The van der Waals surface area contributed by atoms with Gasteiger partial charge in [-0.3, -0.25) is 9.78 Å². The topological polar surface area (TPSA) is 54.0 Å². The fourth-order valence-corrected chi connectivity index (χ4v) is 1.96. The van der Waals surface area contributed by atoms with Crippen molar-refractivity contribution in [1.82, 2.24) is 4.98 Å². The van der Waals surface area contributed by atoms with Gasteiger partial charge in [-0.15, -0.1) is 0 Å². The predicted octanol–water partition coefficient (Wildman–Crippen LogP) is 3.48. The average Bonchev–Trinajstić information content (AvgIpc) is 2.42. The number of amides is 1. The molecule has 4 nitrogen and oxygen atoms in total. The van der Waals surface area contributed by atoms with Crippen molar-refractivity contribution >= 4 is 28.9 Å². The van der Waals surface area contributed by atoms with Crippen LogP contribution in [0.15, 0.2) is 30.5 Å². The first-order valence-electron chi connectivity index (χ1n) is 5.92. The summed E-state index contributed by atoms with van der Waals surface area (Å²) in [4.78, 5) is 16.3. The molecule has 2 N–H and O–H groups in total. The van der Waals surface area contributed by atoms with E-state index >= 15 is 0 Å². The molecule has 104 valence electrons. The number of benzene rings is 1. The number of para-hydroxylation sites is 1. The van der Waals surface area contributed by atoms with Gasteiger partial charge in [0, 0.05) is 18.9 Å². The Bertz CT molecular complexity index is 641. The molecule has 0 saturated carbocycles.